The first kappa shape index (κ1) is 13.4. The minimum Gasteiger partial charge on any atom is -0.359 e. The zero-order valence-electron chi connectivity index (χ0n) is 12.3. The van der Waals surface area contributed by atoms with E-state index < -0.39 is 0 Å². The minimum atomic E-state index is 0.134. The van der Waals surface area contributed by atoms with E-state index >= 15 is 0 Å². The van der Waals surface area contributed by atoms with Gasteiger partial charge in [-0.3, -0.25) is 4.79 Å². The summed E-state index contributed by atoms with van der Waals surface area (Å²) in [6.07, 6.45) is 1.74. The number of likely N-dealkylation sites (tertiary alicyclic amines) is 1. The van der Waals surface area contributed by atoms with E-state index in [9.17, 15) is 4.79 Å². The number of benzene rings is 1. The lowest BCUT2D eigenvalue weighted by Gasteiger charge is -2.33. The molecular weight excluding hydrogens is 248 g/mol. The number of carbonyl (C=O) groups is 1. The standard InChI is InChI=1S/C17H22N2O/c1-12-13-5-3-4-6-15(13)16-11-19(9-7-14(12)16)10-8-17(20)18-2/h3-6,16H,7-11H2,1-2H3,(H,18,20). The van der Waals surface area contributed by atoms with Gasteiger partial charge in [0.1, 0.15) is 0 Å². The molecule has 1 aliphatic heterocycles. The molecule has 3 rings (SSSR count). The number of rotatable bonds is 3. The van der Waals surface area contributed by atoms with Gasteiger partial charge in [0.2, 0.25) is 5.91 Å². The Morgan fingerprint density at radius 1 is 1.40 bits per heavy atom. The molecule has 1 fully saturated rings. The summed E-state index contributed by atoms with van der Waals surface area (Å²) in [5.41, 5.74) is 6.00. The third-order valence-electron chi connectivity index (χ3n) is 4.71. The van der Waals surface area contributed by atoms with Crippen LogP contribution in [0, 0.1) is 0 Å². The molecule has 0 radical (unpaired) electrons. The number of nitrogens with one attached hydrogen (secondary N) is 1. The van der Waals surface area contributed by atoms with Crippen molar-refractivity contribution in [3.63, 3.8) is 0 Å². The summed E-state index contributed by atoms with van der Waals surface area (Å²) in [6, 6.07) is 8.77. The molecule has 3 nitrogen and oxygen atoms in total. The van der Waals surface area contributed by atoms with Crippen LogP contribution in [0.5, 0.6) is 0 Å². The summed E-state index contributed by atoms with van der Waals surface area (Å²) in [7, 11) is 1.70. The number of amides is 1. The van der Waals surface area contributed by atoms with Gasteiger partial charge in [-0.1, -0.05) is 29.8 Å². The van der Waals surface area contributed by atoms with E-state index in [1.54, 1.807) is 12.6 Å². The fourth-order valence-corrected chi connectivity index (χ4v) is 3.55. The van der Waals surface area contributed by atoms with Gasteiger partial charge in [0, 0.05) is 39.0 Å². The summed E-state index contributed by atoms with van der Waals surface area (Å²) in [5, 5.41) is 2.70. The highest BCUT2D eigenvalue weighted by molar-refractivity contribution is 5.77. The van der Waals surface area contributed by atoms with E-state index in [0.29, 0.717) is 12.3 Å². The van der Waals surface area contributed by atoms with Crippen LogP contribution in [-0.2, 0) is 4.79 Å². The highest BCUT2D eigenvalue weighted by Crippen LogP contribution is 2.45. The Kier molecular flexibility index (Phi) is 3.62. The monoisotopic (exact) mass is 270 g/mol. The molecule has 1 aromatic carbocycles. The van der Waals surface area contributed by atoms with Crippen LogP contribution < -0.4 is 5.32 Å². The van der Waals surface area contributed by atoms with Gasteiger partial charge in [-0.2, -0.15) is 0 Å². The van der Waals surface area contributed by atoms with E-state index in [1.165, 1.54) is 16.7 Å². The number of fused-ring (bicyclic) bond motifs is 3. The van der Waals surface area contributed by atoms with Gasteiger partial charge in [0.05, 0.1) is 0 Å². The smallest absolute Gasteiger partial charge is 0.221 e. The van der Waals surface area contributed by atoms with Crippen molar-refractivity contribution < 1.29 is 4.79 Å². The summed E-state index contributed by atoms with van der Waals surface area (Å²) in [5.74, 6) is 0.680. The first-order valence-electron chi connectivity index (χ1n) is 7.42. The summed E-state index contributed by atoms with van der Waals surface area (Å²) >= 11 is 0. The van der Waals surface area contributed by atoms with Gasteiger partial charge >= 0.3 is 0 Å². The molecule has 1 aromatic rings. The van der Waals surface area contributed by atoms with E-state index in [1.807, 2.05) is 0 Å². The number of piperidine rings is 1. The molecule has 0 saturated carbocycles. The Hall–Kier alpha value is -1.61. The van der Waals surface area contributed by atoms with Crippen molar-refractivity contribution >= 4 is 11.5 Å². The van der Waals surface area contributed by atoms with Crippen LogP contribution >= 0.6 is 0 Å². The van der Waals surface area contributed by atoms with Crippen LogP contribution in [0.1, 0.15) is 36.8 Å². The number of carbonyl (C=O) groups excluding carboxylic acids is 1. The fraction of sp³-hybridized carbons (Fsp3) is 0.471. The van der Waals surface area contributed by atoms with Gasteiger partial charge in [-0.15, -0.1) is 0 Å². The van der Waals surface area contributed by atoms with Crippen molar-refractivity contribution in [3.05, 3.63) is 41.0 Å². The summed E-state index contributed by atoms with van der Waals surface area (Å²) < 4.78 is 0. The van der Waals surface area contributed by atoms with Crippen LogP contribution in [0.4, 0.5) is 0 Å². The lowest BCUT2D eigenvalue weighted by molar-refractivity contribution is -0.120. The molecule has 1 N–H and O–H groups in total. The number of nitrogens with zero attached hydrogens (tertiary/aromatic N) is 1. The SMILES string of the molecule is CNC(=O)CCN1CCC2=C(C)c3ccccc3C2C1. The molecule has 0 bridgehead atoms. The largest absolute Gasteiger partial charge is 0.359 e. The molecule has 3 heteroatoms. The quantitative estimate of drug-likeness (QED) is 0.914. The van der Waals surface area contributed by atoms with Crippen LogP contribution in [-0.4, -0.2) is 37.5 Å². The second-order valence-electron chi connectivity index (χ2n) is 5.76. The maximum atomic E-state index is 11.4. The Bertz CT molecular complexity index is 562. The van der Waals surface area contributed by atoms with Crippen LogP contribution in [0.2, 0.25) is 0 Å². The van der Waals surface area contributed by atoms with E-state index in [0.717, 1.165) is 26.1 Å². The van der Waals surface area contributed by atoms with Crippen LogP contribution in [0.3, 0.4) is 0 Å². The van der Waals surface area contributed by atoms with Crippen molar-refractivity contribution in [1.29, 1.82) is 0 Å². The molecule has 1 amide bonds. The molecule has 20 heavy (non-hydrogen) atoms. The van der Waals surface area contributed by atoms with E-state index in [-0.39, 0.29) is 5.91 Å². The van der Waals surface area contributed by atoms with Gasteiger partial charge in [0.25, 0.3) is 0 Å². The molecule has 1 aliphatic carbocycles. The van der Waals surface area contributed by atoms with Crippen molar-refractivity contribution in [2.24, 2.45) is 0 Å². The van der Waals surface area contributed by atoms with Gasteiger partial charge in [0.15, 0.2) is 0 Å². The molecule has 1 heterocycles. The molecule has 106 valence electrons. The molecule has 1 atom stereocenters. The summed E-state index contributed by atoms with van der Waals surface area (Å²) in [4.78, 5) is 13.8. The molecule has 2 aliphatic rings. The second kappa shape index (κ2) is 5.41. The Labute approximate surface area is 120 Å². The maximum absolute atomic E-state index is 11.4. The first-order chi connectivity index (χ1) is 9.70. The van der Waals surface area contributed by atoms with Crippen molar-refractivity contribution in [3.8, 4) is 0 Å². The molecule has 1 saturated heterocycles. The molecule has 1 unspecified atom stereocenters. The van der Waals surface area contributed by atoms with Crippen LogP contribution in [0.15, 0.2) is 29.8 Å². The lowest BCUT2D eigenvalue weighted by Crippen LogP contribution is -2.37. The third kappa shape index (κ3) is 2.27. The highest BCUT2D eigenvalue weighted by Gasteiger charge is 2.33. The van der Waals surface area contributed by atoms with E-state index in [4.69, 9.17) is 0 Å². The average molecular weight is 270 g/mol. The molecular formula is C17H22N2O. The average Bonchev–Trinajstić information content (AvgIpc) is 2.78. The molecule has 0 spiro atoms. The number of hydrogen-bond acceptors (Lipinski definition) is 2. The maximum Gasteiger partial charge on any atom is 0.221 e. The van der Waals surface area contributed by atoms with Crippen LogP contribution in [0.25, 0.3) is 5.57 Å². The van der Waals surface area contributed by atoms with Gasteiger partial charge in [-0.05, 0) is 30.0 Å². The number of hydrogen-bond donors (Lipinski definition) is 1. The zero-order valence-corrected chi connectivity index (χ0v) is 12.3. The topological polar surface area (TPSA) is 32.3 Å². The Morgan fingerprint density at radius 3 is 3.00 bits per heavy atom. The second-order valence-corrected chi connectivity index (χ2v) is 5.76. The fourth-order valence-electron chi connectivity index (χ4n) is 3.55. The molecule has 0 aromatic heterocycles. The van der Waals surface area contributed by atoms with Crippen molar-refractivity contribution in [2.45, 2.75) is 25.7 Å². The normalized spacial score (nSPS) is 21.6. The predicted molar refractivity (Wildman–Crippen MR) is 81.5 cm³/mol. The first-order valence-corrected chi connectivity index (χ1v) is 7.42. The summed E-state index contributed by atoms with van der Waals surface area (Å²) in [6.45, 7) is 5.26. The zero-order chi connectivity index (χ0) is 14.1. The Balaban J connectivity index is 1.74. The van der Waals surface area contributed by atoms with Gasteiger partial charge < -0.3 is 10.2 Å². The lowest BCUT2D eigenvalue weighted by atomic mass is 9.89. The van der Waals surface area contributed by atoms with Crippen molar-refractivity contribution in [1.82, 2.24) is 10.2 Å². The predicted octanol–water partition coefficient (Wildman–Crippen LogP) is 2.40. The van der Waals surface area contributed by atoms with Gasteiger partial charge in [-0.25, -0.2) is 0 Å². The minimum absolute atomic E-state index is 0.134. The third-order valence-corrected chi connectivity index (χ3v) is 4.71. The number of allylic oxidation sites excluding steroid dienone is 1. The Morgan fingerprint density at radius 2 is 2.20 bits per heavy atom. The highest BCUT2D eigenvalue weighted by atomic mass is 16.1. The van der Waals surface area contributed by atoms with E-state index in [2.05, 4.69) is 41.4 Å². The van der Waals surface area contributed by atoms with Crippen molar-refractivity contribution in [2.75, 3.05) is 26.7 Å².